The van der Waals surface area contributed by atoms with Crippen LogP contribution < -0.4 is 16.6 Å². The first kappa shape index (κ1) is 13.9. The fraction of sp³-hybridized carbons (Fsp3) is 0.545. The first-order chi connectivity index (χ1) is 9.20. The molecule has 1 fully saturated rings. The summed E-state index contributed by atoms with van der Waals surface area (Å²) in [6, 6.07) is 0.749. The third-order valence-electron chi connectivity index (χ3n) is 2.89. The summed E-state index contributed by atoms with van der Waals surface area (Å²) in [6.45, 7) is 4.40. The molecule has 4 N–H and O–H groups in total. The number of pyridine rings is 1. The van der Waals surface area contributed by atoms with Crippen LogP contribution in [-0.4, -0.2) is 49.3 Å². The fourth-order valence-corrected chi connectivity index (χ4v) is 1.85. The smallest absolute Gasteiger partial charge is 0.178 e. The van der Waals surface area contributed by atoms with Gasteiger partial charge < -0.3 is 15.5 Å². The van der Waals surface area contributed by atoms with Gasteiger partial charge in [0.2, 0.25) is 0 Å². The van der Waals surface area contributed by atoms with Crippen molar-refractivity contribution in [1.29, 1.82) is 0 Å². The Morgan fingerprint density at radius 2 is 1.95 bits per heavy atom. The first-order valence-corrected chi connectivity index (χ1v) is 6.07. The summed E-state index contributed by atoms with van der Waals surface area (Å²) in [4.78, 5) is 5.93. The predicted molar refractivity (Wildman–Crippen MR) is 67.7 cm³/mol. The Labute approximate surface area is 109 Å². The molecule has 8 heteroatoms. The Morgan fingerprint density at radius 1 is 1.26 bits per heavy atom. The summed E-state index contributed by atoms with van der Waals surface area (Å²) < 4.78 is 31.8. The van der Waals surface area contributed by atoms with E-state index in [1.54, 1.807) is 0 Å². The van der Waals surface area contributed by atoms with Crippen LogP contribution in [0.4, 0.5) is 20.4 Å². The Bertz CT molecular complexity index is 426. The van der Waals surface area contributed by atoms with Crippen LogP contribution in [0, 0.1) is 11.6 Å². The number of anilines is 2. The molecular weight excluding hydrogens is 256 g/mol. The number of aromatic nitrogens is 1. The van der Waals surface area contributed by atoms with Crippen LogP contribution in [-0.2, 0) is 4.74 Å². The number of hydrazine groups is 1. The minimum absolute atomic E-state index is 0.0115. The number of rotatable bonds is 5. The summed E-state index contributed by atoms with van der Waals surface area (Å²) in [6.07, 6.45) is 0. The number of nitrogen functional groups attached to an aromatic ring is 1. The molecule has 1 aliphatic heterocycles. The van der Waals surface area contributed by atoms with Gasteiger partial charge in [0, 0.05) is 32.2 Å². The highest BCUT2D eigenvalue weighted by molar-refractivity contribution is 5.46. The second-order valence-electron chi connectivity index (χ2n) is 4.17. The molecule has 1 saturated heterocycles. The molecule has 0 radical (unpaired) electrons. The Kier molecular flexibility index (Phi) is 4.83. The number of nitrogens with two attached hydrogens (primary N) is 1. The van der Waals surface area contributed by atoms with Gasteiger partial charge in [0.15, 0.2) is 23.3 Å². The van der Waals surface area contributed by atoms with Gasteiger partial charge in [0.25, 0.3) is 0 Å². The maximum Gasteiger partial charge on any atom is 0.178 e. The maximum atomic E-state index is 13.5. The second-order valence-corrected chi connectivity index (χ2v) is 4.17. The van der Waals surface area contributed by atoms with E-state index in [-0.39, 0.29) is 11.6 Å². The van der Waals surface area contributed by atoms with Crippen molar-refractivity contribution >= 4 is 11.6 Å². The van der Waals surface area contributed by atoms with Crippen LogP contribution in [0.25, 0.3) is 0 Å². The van der Waals surface area contributed by atoms with Crippen LogP contribution in [0.1, 0.15) is 0 Å². The summed E-state index contributed by atoms with van der Waals surface area (Å²) in [5, 5.41) is 2.83. The standard InChI is InChI=1S/C11H17F2N5O/c12-8-7-9(13)11(17-14)16-10(8)15-1-2-18-3-5-19-6-4-18/h7H,1-6,14H2,(H2,15,16,17). The number of ether oxygens (including phenoxy) is 1. The van der Waals surface area contributed by atoms with Crippen LogP contribution in [0.5, 0.6) is 0 Å². The zero-order valence-corrected chi connectivity index (χ0v) is 10.5. The van der Waals surface area contributed by atoms with E-state index in [9.17, 15) is 8.78 Å². The van der Waals surface area contributed by atoms with Crippen molar-refractivity contribution in [3.8, 4) is 0 Å². The van der Waals surface area contributed by atoms with Gasteiger partial charge >= 0.3 is 0 Å². The molecule has 2 heterocycles. The molecule has 1 aromatic heterocycles. The van der Waals surface area contributed by atoms with Crippen molar-refractivity contribution < 1.29 is 13.5 Å². The third-order valence-corrected chi connectivity index (χ3v) is 2.89. The fourth-order valence-electron chi connectivity index (χ4n) is 1.85. The van der Waals surface area contributed by atoms with Gasteiger partial charge in [-0.15, -0.1) is 0 Å². The van der Waals surface area contributed by atoms with Gasteiger partial charge in [-0.3, -0.25) is 4.90 Å². The molecule has 0 saturated carbocycles. The Balaban J connectivity index is 1.88. The summed E-state index contributed by atoms with van der Waals surface area (Å²) in [5.41, 5.74) is 2.08. The largest absolute Gasteiger partial charge is 0.379 e. The highest BCUT2D eigenvalue weighted by Crippen LogP contribution is 2.17. The molecule has 0 atom stereocenters. The predicted octanol–water partition coefficient (Wildman–Crippen LogP) is 0.389. The average Bonchev–Trinajstić information content (AvgIpc) is 2.42. The van der Waals surface area contributed by atoms with Gasteiger partial charge in [-0.2, -0.15) is 0 Å². The first-order valence-electron chi connectivity index (χ1n) is 6.07. The van der Waals surface area contributed by atoms with Gasteiger partial charge in [0.1, 0.15) is 0 Å². The zero-order valence-electron chi connectivity index (χ0n) is 10.5. The van der Waals surface area contributed by atoms with Crippen molar-refractivity contribution in [2.75, 3.05) is 50.1 Å². The number of nitrogens with one attached hydrogen (secondary N) is 2. The van der Waals surface area contributed by atoms with Gasteiger partial charge in [-0.05, 0) is 0 Å². The van der Waals surface area contributed by atoms with E-state index in [0.29, 0.717) is 19.8 Å². The van der Waals surface area contributed by atoms with Crippen LogP contribution >= 0.6 is 0 Å². The maximum absolute atomic E-state index is 13.5. The van der Waals surface area contributed by atoms with Crippen LogP contribution in [0.15, 0.2) is 6.07 Å². The number of halogens is 2. The molecule has 0 unspecified atom stereocenters. The highest BCUT2D eigenvalue weighted by Gasteiger charge is 2.12. The van der Waals surface area contributed by atoms with Crippen molar-refractivity contribution in [3.63, 3.8) is 0 Å². The Morgan fingerprint density at radius 3 is 2.63 bits per heavy atom. The molecule has 6 nitrogen and oxygen atoms in total. The molecule has 0 bridgehead atoms. The molecule has 0 aromatic carbocycles. The van der Waals surface area contributed by atoms with Crippen molar-refractivity contribution in [3.05, 3.63) is 17.7 Å². The average molecular weight is 273 g/mol. The van der Waals surface area contributed by atoms with Crippen LogP contribution in [0.2, 0.25) is 0 Å². The zero-order chi connectivity index (χ0) is 13.7. The molecule has 1 aliphatic rings. The lowest BCUT2D eigenvalue weighted by atomic mass is 10.3. The molecule has 106 valence electrons. The van der Waals surface area contributed by atoms with Crippen molar-refractivity contribution in [2.45, 2.75) is 0 Å². The van der Waals surface area contributed by atoms with Crippen molar-refractivity contribution in [1.82, 2.24) is 9.88 Å². The molecule has 1 aromatic rings. The summed E-state index contributed by atoms with van der Waals surface area (Å²) in [7, 11) is 0. The van der Waals surface area contributed by atoms with Gasteiger partial charge in [-0.1, -0.05) is 0 Å². The molecule has 19 heavy (non-hydrogen) atoms. The SMILES string of the molecule is NNc1nc(NCCN2CCOCC2)c(F)cc1F. The highest BCUT2D eigenvalue weighted by atomic mass is 19.1. The van der Waals surface area contributed by atoms with Crippen LogP contribution in [0.3, 0.4) is 0 Å². The summed E-state index contributed by atoms with van der Waals surface area (Å²) >= 11 is 0. The minimum Gasteiger partial charge on any atom is -0.379 e. The van der Waals surface area contributed by atoms with E-state index < -0.39 is 11.6 Å². The Hall–Kier alpha value is -1.51. The third kappa shape index (κ3) is 3.72. The summed E-state index contributed by atoms with van der Waals surface area (Å²) in [5.74, 6) is 3.34. The minimum atomic E-state index is -0.821. The topological polar surface area (TPSA) is 75.4 Å². The van der Waals surface area contributed by atoms with Crippen molar-refractivity contribution in [2.24, 2.45) is 5.84 Å². The lowest BCUT2D eigenvalue weighted by Crippen LogP contribution is -2.39. The normalized spacial score (nSPS) is 16.4. The molecular formula is C11H17F2N5O. The quantitative estimate of drug-likeness (QED) is 0.532. The van der Waals surface area contributed by atoms with Gasteiger partial charge in [-0.25, -0.2) is 19.6 Å². The van der Waals surface area contributed by atoms with E-state index in [4.69, 9.17) is 10.6 Å². The van der Waals surface area contributed by atoms with E-state index >= 15 is 0 Å². The number of hydrogen-bond acceptors (Lipinski definition) is 6. The molecule has 0 aliphatic carbocycles. The van der Waals surface area contributed by atoms with E-state index in [1.165, 1.54) is 0 Å². The van der Waals surface area contributed by atoms with E-state index in [2.05, 4.69) is 20.6 Å². The second kappa shape index (κ2) is 6.60. The lowest BCUT2D eigenvalue weighted by Gasteiger charge is -2.26. The lowest BCUT2D eigenvalue weighted by molar-refractivity contribution is 0.0398. The van der Waals surface area contributed by atoms with Gasteiger partial charge in [0.05, 0.1) is 13.2 Å². The number of nitrogens with zero attached hydrogens (tertiary/aromatic N) is 2. The van der Waals surface area contributed by atoms with E-state index in [0.717, 1.165) is 25.7 Å². The number of morpholine rings is 1. The molecule has 0 amide bonds. The monoisotopic (exact) mass is 273 g/mol. The molecule has 2 rings (SSSR count). The number of hydrogen-bond donors (Lipinski definition) is 3. The van der Waals surface area contributed by atoms with E-state index in [1.807, 2.05) is 0 Å². The molecule has 0 spiro atoms.